The van der Waals surface area contributed by atoms with Crippen molar-refractivity contribution in [1.29, 1.82) is 0 Å². The molecule has 1 aromatic carbocycles. The van der Waals surface area contributed by atoms with Crippen molar-refractivity contribution >= 4 is 5.84 Å². The van der Waals surface area contributed by atoms with Crippen LogP contribution in [0.3, 0.4) is 0 Å². The van der Waals surface area contributed by atoms with Crippen LogP contribution in [0.4, 0.5) is 0 Å². The minimum Gasteiger partial charge on any atom is -0.439 e. The summed E-state index contributed by atoms with van der Waals surface area (Å²) in [6.45, 7) is 1.90. The molecule has 18 heavy (non-hydrogen) atoms. The lowest BCUT2D eigenvalue weighted by molar-refractivity contribution is 0.318. The van der Waals surface area contributed by atoms with Gasteiger partial charge in [0.15, 0.2) is 5.84 Å². The van der Waals surface area contributed by atoms with E-state index in [2.05, 4.69) is 10.3 Å². The lowest BCUT2D eigenvalue weighted by Gasteiger charge is -2.06. The van der Waals surface area contributed by atoms with Gasteiger partial charge in [-0.2, -0.15) is 5.10 Å². The van der Waals surface area contributed by atoms with E-state index in [1.54, 1.807) is 28.9 Å². The van der Waals surface area contributed by atoms with Crippen LogP contribution in [-0.4, -0.2) is 20.8 Å². The molecule has 0 amide bonds. The van der Waals surface area contributed by atoms with Gasteiger partial charge in [0.1, 0.15) is 5.75 Å². The summed E-state index contributed by atoms with van der Waals surface area (Å²) in [4.78, 5) is 0. The summed E-state index contributed by atoms with van der Waals surface area (Å²) >= 11 is 0. The molecule has 0 aliphatic carbocycles. The molecule has 94 valence electrons. The van der Waals surface area contributed by atoms with Crippen molar-refractivity contribution in [3.8, 4) is 11.6 Å². The predicted molar refractivity (Wildman–Crippen MR) is 67.0 cm³/mol. The summed E-state index contributed by atoms with van der Waals surface area (Å²) in [5, 5.41) is 15.7. The van der Waals surface area contributed by atoms with Gasteiger partial charge in [0.05, 0.1) is 5.69 Å². The zero-order chi connectivity index (χ0) is 13.1. The molecule has 0 spiro atoms. The Morgan fingerprint density at radius 2 is 2.06 bits per heavy atom. The van der Waals surface area contributed by atoms with Crippen LogP contribution in [0.1, 0.15) is 11.3 Å². The van der Waals surface area contributed by atoms with E-state index < -0.39 is 0 Å². The average Bonchev–Trinajstić information content (AvgIpc) is 2.68. The standard InChI is InChI=1S/C12H14N4O2/c1-8-7-11(16(2)14-8)18-10-5-3-9(4-6-10)12(13)15-17/h3-7,17H,1-2H3,(H2,13,15). The molecule has 0 unspecified atom stereocenters. The number of benzene rings is 1. The van der Waals surface area contributed by atoms with Crippen LogP contribution in [0.2, 0.25) is 0 Å². The number of nitrogens with two attached hydrogens (primary N) is 1. The summed E-state index contributed by atoms with van der Waals surface area (Å²) < 4.78 is 7.32. The largest absolute Gasteiger partial charge is 0.439 e. The molecule has 3 N–H and O–H groups in total. The number of ether oxygens (including phenoxy) is 1. The molecule has 0 aliphatic heterocycles. The van der Waals surface area contributed by atoms with Crippen molar-refractivity contribution in [3.63, 3.8) is 0 Å². The molecular formula is C12H14N4O2. The smallest absolute Gasteiger partial charge is 0.217 e. The first-order valence-corrected chi connectivity index (χ1v) is 5.36. The predicted octanol–water partition coefficient (Wildman–Crippen LogP) is 1.62. The molecule has 6 nitrogen and oxygen atoms in total. The monoisotopic (exact) mass is 246 g/mol. The summed E-state index contributed by atoms with van der Waals surface area (Å²) in [5.74, 6) is 1.38. The van der Waals surface area contributed by atoms with Gasteiger partial charge in [-0.15, -0.1) is 0 Å². The maximum atomic E-state index is 8.55. The quantitative estimate of drug-likeness (QED) is 0.373. The van der Waals surface area contributed by atoms with Gasteiger partial charge in [-0.25, -0.2) is 4.68 Å². The Labute approximate surface area is 104 Å². The topological polar surface area (TPSA) is 85.7 Å². The summed E-state index contributed by atoms with van der Waals surface area (Å²) in [6, 6.07) is 8.77. The zero-order valence-electron chi connectivity index (χ0n) is 10.2. The highest BCUT2D eigenvalue weighted by Gasteiger charge is 2.05. The fraction of sp³-hybridized carbons (Fsp3) is 0.167. The van der Waals surface area contributed by atoms with Crippen molar-refractivity contribution in [1.82, 2.24) is 9.78 Å². The van der Waals surface area contributed by atoms with Gasteiger partial charge in [0.25, 0.3) is 0 Å². The third-order valence-electron chi connectivity index (χ3n) is 2.44. The Hall–Kier alpha value is -2.50. The molecule has 0 bridgehead atoms. The third kappa shape index (κ3) is 2.42. The second kappa shape index (κ2) is 4.79. The van der Waals surface area contributed by atoms with E-state index in [9.17, 15) is 0 Å². The average molecular weight is 246 g/mol. The number of aryl methyl sites for hydroxylation is 2. The van der Waals surface area contributed by atoms with Crippen molar-refractivity contribution < 1.29 is 9.94 Å². The van der Waals surface area contributed by atoms with Crippen LogP contribution in [0.25, 0.3) is 0 Å². The fourth-order valence-electron chi connectivity index (χ4n) is 1.55. The fourth-order valence-corrected chi connectivity index (χ4v) is 1.55. The van der Waals surface area contributed by atoms with Crippen LogP contribution in [0.5, 0.6) is 11.6 Å². The molecule has 0 atom stereocenters. The number of aromatic nitrogens is 2. The molecule has 0 aliphatic rings. The van der Waals surface area contributed by atoms with E-state index in [-0.39, 0.29) is 5.84 Å². The number of rotatable bonds is 3. The number of amidine groups is 1. The molecule has 1 aromatic heterocycles. The number of hydrogen-bond donors (Lipinski definition) is 2. The minimum absolute atomic E-state index is 0.0675. The molecule has 1 heterocycles. The van der Waals surface area contributed by atoms with Crippen molar-refractivity contribution in [2.24, 2.45) is 17.9 Å². The van der Waals surface area contributed by atoms with E-state index in [0.29, 0.717) is 17.2 Å². The van der Waals surface area contributed by atoms with E-state index in [1.807, 2.05) is 20.0 Å². The Morgan fingerprint density at radius 3 is 2.56 bits per heavy atom. The van der Waals surface area contributed by atoms with Gasteiger partial charge in [-0.1, -0.05) is 5.16 Å². The molecular weight excluding hydrogens is 232 g/mol. The van der Waals surface area contributed by atoms with Gasteiger partial charge in [-0.3, -0.25) is 0 Å². The first kappa shape index (κ1) is 12.0. The Kier molecular flexibility index (Phi) is 3.18. The van der Waals surface area contributed by atoms with Crippen LogP contribution in [-0.2, 0) is 7.05 Å². The number of oxime groups is 1. The van der Waals surface area contributed by atoms with Gasteiger partial charge in [0.2, 0.25) is 5.88 Å². The van der Waals surface area contributed by atoms with Crippen LogP contribution < -0.4 is 10.5 Å². The Bertz CT molecular complexity index is 572. The molecule has 0 radical (unpaired) electrons. The summed E-state index contributed by atoms with van der Waals surface area (Å²) in [6.07, 6.45) is 0. The van der Waals surface area contributed by atoms with E-state index in [0.717, 1.165) is 5.69 Å². The van der Waals surface area contributed by atoms with Crippen LogP contribution in [0.15, 0.2) is 35.5 Å². The van der Waals surface area contributed by atoms with Crippen LogP contribution >= 0.6 is 0 Å². The normalized spacial score (nSPS) is 11.6. The first-order chi connectivity index (χ1) is 8.60. The van der Waals surface area contributed by atoms with Gasteiger partial charge in [0, 0.05) is 18.7 Å². The molecule has 0 saturated heterocycles. The SMILES string of the molecule is Cc1cc(Oc2ccc(/C(N)=N/O)cc2)n(C)n1. The third-order valence-corrected chi connectivity index (χ3v) is 2.44. The Morgan fingerprint density at radius 1 is 1.39 bits per heavy atom. The maximum absolute atomic E-state index is 8.55. The molecule has 2 aromatic rings. The Balaban J connectivity index is 2.18. The van der Waals surface area contributed by atoms with Gasteiger partial charge >= 0.3 is 0 Å². The second-order valence-corrected chi connectivity index (χ2v) is 3.86. The molecule has 0 fully saturated rings. The highest BCUT2D eigenvalue weighted by molar-refractivity contribution is 5.97. The number of nitrogens with zero attached hydrogens (tertiary/aromatic N) is 3. The van der Waals surface area contributed by atoms with Crippen LogP contribution in [0, 0.1) is 6.92 Å². The van der Waals surface area contributed by atoms with Gasteiger partial charge in [-0.05, 0) is 31.2 Å². The van der Waals surface area contributed by atoms with Crippen molar-refractivity contribution in [3.05, 3.63) is 41.6 Å². The van der Waals surface area contributed by atoms with E-state index in [1.165, 1.54) is 0 Å². The lowest BCUT2D eigenvalue weighted by Crippen LogP contribution is -2.12. The first-order valence-electron chi connectivity index (χ1n) is 5.36. The minimum atomic E-state index is 0.0675. The van der Waals surface area contributed by atoms with Gasteiger partial charge < -0.3 is 15.7 Å². The maximum Gasteiger partial charge on any atom is 0.217 e. The summed E-state index contributed by atoms with van der Waals surface area (Å²) in [5.41, 5.74) is 6.99. The zero-order valence-corrected chi connectivity index (χ0v) is 10.2. The lowest BCUT2D eigenvalue weighted by atomic mass is 10.2. The van der Waals surface area contributed by atoms with E-state index >= 15 is 0 Å². The highest BCUT2D eigenvalue weighted by atomic mass is 16.5. The molecule has 6 heteroatoms. The molecule has 2 rings (SSSR count). The summed E-state index contributed by atoms with van der Waals surface area (Å²) in [7, 11) is 1.81. The van der Waals surface area contributed by atoms with E-state index in [4.69, 9.17) is 15.7 Å². The second-order valence-electron chi connectivity index (χ2n) is 3.86. The highest BCUT2D eigenvalue weighted by Crippen LogP contribution is 2.21. The van der Waals surface area contributed by atoms with Crippen molar-refractivity contribution in [2.45, 2.75) is 6.92 Å². The number of hydrogen-bond acceptors (Lipinski definition) is 4. The van der Waals surface area contributed by atoms with Crippen molar-refractivity contribution in [2.75, 3.05) is 0 Å². The molecule has 0 saturated carbocycles.